The summed E-state index contributed by atoms with van der Waals surface area (Å²) < 4.78 is 27.2. The molecule has 0 aromatic heterocycles. The van der Waals surface area contributed by atoms with E-state index in [1.807, 2.05) is 0 Å². The van der Waals surface area contributed by atoms with Crippen LogP contribution >= 0.6 is 0 Å². The third-order valence-corrected chi connectivity index (χ3v) is 4.69. The summed E-state index contributed by atoms with van der Waals surface area (Å²) in [6.07, 6.45) is 0.104. The molecule has 1 fully saturated rings. The highest BCUT2D eigenvalue weighted by Crippen LogP contribution is 2.19. The predicted octanol–water partition coefficient (Wildman–Crippen LogP) is 1.46. The number of nitrogens with one attached hydrogen (secondary N) is 2. The first-order valence-corrected chi connectivity index (χ1v) is 7.73. The van der Waals surface area contributed by atoms with Crippen molar-refractivity contribution < 1.29 is 17.9 Å². The number of methoxy groups -OCH3 is 1. The van der Waals surface area contributed by atoms with Gasteiger partial charge in [-0.2, -0.15) is 0 Å². The molecular formula is C12H16N2O4S. The van der Waals surface area contributed by atoms with Crippen molar-refractivity contribution in [2.24, 2.45) is 0 Å². The number of carbonyl (C=O) groups is 1. The van der Waals surface area contributed by atoms with E-state index < -0.39 is 15.9 Å². The largest absolute Gasteiger partial charge is 0.453 e. The molecule has 1 atom stereocenters. The van der Waals surface area contributed by atoms with Crippen molar-refractivity contribution in [3.05, 3.63) is 24.3 Å². The van der Waals surface area contributed by atoms with Gasteiger partial charge in [0.1, 0.15) is 0 Å². The van der Waals surface area contributed by atoms with Gasteiger partial charge in [0.2, 0.25) is 0 Å². The number of carbonyl (C=O) groups excluding carboxylic acids is 1. The smallest absolute Gasteiger partial charge is 0.411 e. The summed E-state index contributed by atoms with van der Waals surface area (Å²) in [5, 5.41) is 5.71. The lowest BCUT2D eigenvalue weighted by atomic mass is 10.2. The monoisotopic (exact) mass is 284 g/mol. The van der Waals surface area contributed by atoms with Crippen molar-refractivity contribution in [1.29, 1.82) is 0 Å². The van der Waals surface area contributed by atoms with Crippen molar-refractivity contribution in [1.82, 2.24) is 0 Å². The van der Waals surface area contributed by atoms with Crippen molar-refractivity contribution in [3.8, 4) is 0 Å². The van der Waals surface area contributed by atoms with Gasteiger partial charge in [0, 0.05) is 17.4 Å². The third-order valence-electron chi connectivity index (χ3n) is 2.92. The first-order valence-electron chi connectivity index (χ1n) is 5.90. The molecule has 6 nitrogen and oxygen atoms in total. The van der Waals surface area contributed by atoms with Crippen LogP contribution < -0.4 is 10.6 Å². The van der Waals surface area contributed by atoms with E-state index in [0.29, 0.717) is 12.1 Å². The van der Waals surface area contributed by atoms with Gasteiger partial charge < -0.3 is 10.1 Å². The van der Waals surface area contributed by atoms with Crippen LogP contribution in [0, 0.1) is 0 Å². The molecule has 1 aliphatic rings. The summed E-state index contributed by atoms with van der Waals surface area (Å²) in [6.45, 7) is 0. The number of anilines is 2. The van der Waals surface area contributed by atoms with E-state index in [1.54, 1.807) is 24.3 Å². The minimum Gasteiger partial charge on any atom is -0.453 e. The van der Waals surface area contributed by atoms with Gasteiger partial charge in [-0.15, -0.1) is 0 Å². The number of rotatable bonds is 3. The van der Waals surface area contributed by atoms with E-state index in [-0.39, 0.29) is 17.5 Å². The molecule has 1 aromatic rings. The maximum atomic E-state index is 11.3. The van der Waals surface area contributed by atoms with Gasteiger partial charge in [-0.25, -0.2) is 13.2 Å². The second-order valence-corrected chi connectivity index (χ2v) is 6.67. The normalized spacial score (nSPS) is 20.8. The van der Waals surface area contributed by atoms with Gasteiger partial charge in [0.15, 0.2) is 9.84 Å². The van der Waals surface area contributed by atoms with Gasteiger partial charge in [-0.3, -0.25) is 5.32 Å². The first-order chi connectivity index (χ1) is 8.98. The van der Waals surface area contributed by atoms with Crippen molar-refractivity contribution >= 4 is 27.3 Å². The minimum absolute atomic E-state index is 0.0376. The summed E-state index contributed by atoms with van der Waals surface area (Å²) in [5.74, 6) is 0.418. The van der Waals surface area contributed by atoms with Crippen LogP contribution in [-0.4, -0.2) is 39.2 Å². The highest BCUT2D eigenvalue weighted by molar-refractivity contribution is 7.91. The van der Waals surface area contributed by atoms with Crippen molar-refractivity contribution in [2.45, 2.75) is 12.5 Å². The number of hydrogen-bond acceptors (Lipinski definition) is 5. The fourth-order valence-electron chi connectivity index (χ4n) is 1.96. The Morgan fingerprint density at radius 1 is 1.26 bits per heavy atom. The Hall–Kier alpha value is -1.76. The highest BCUT2D eigenvalue weighted by atomic mass is 32.2. The molecule has 1 heterocycles. The Morgan fingerprint density at radius 2 is 1.89 bits per heavy atom. The lowest BCUT2D eigenvalue weighted by Gasteiger charge is -2.12. The van der Waals surface area contributed by atoms with Crippen LogP contribution in [0.15, 0.2) is 24.3 Å². The zero-order valence-corrected chi connectivity index (χ0v) is 11.4. The first kappa shape index (κ1) is 13.7. The molecule has 0 aliphatic carbocycles. The quantitative estimate of drug-likeness (QED) is 0.878. The van der Waals surface area contributed by atoms with E-state index in [2.05, 4.69) is 15.4 Å². The number of ether oxygens (including phenoxy) is 1. The number of benzene rings is 1. The molecule has 7 heteroatoms. The minimum atomic E-state index is -2.88. The summed E-state index contributed by atoms with van der Waals surface area (Å²) in [5.41, 5.74) is 1.45. The molecule has 1 aliphatic heterocycles. The number of sulfone groups is 1. The van der Waals surface area contributed by atoms with Crippen molar-refractivity contribution in [3.63, 3.8) is 0 Å². The number of amides is 1. The van der Waals surface area contributed by atoms with Gasteiger partial charge in [0.25, 0.3) is 0 Å². The van der Waals surface area contributed by atoms with Crippen LogP contribution in [-0.2, 0) is 14.6 Å². The molecule has 2 N–H and O–H groups in total. The topological polar surface area (TPSA) is 84.5 Å². The third kappa shape index (κ3) is 3.85. The average Bonchev–Trinajstić information content (AvgIpc) is 2.71. The maximum Gasteiger partial charge on any atom is 0.411 e. The van der Waals surface area contributed by atoms with Crippen LogP contribution in [0.2, 0.25) is 0 Å². The Labute approximate surface area is 112 Å². The Bertz CT molecular complexity index is 554. The molecule has 1 unspecified atom stereocenters. The van der Waals surface area contributed by atoms with Gasteiger partial charge in [-0.1, -0.05) is 0 Å². The lowest BCUT2D eigenvalue weighted by molar-refractivity contribution is 0.187. The van der Waals surface area contributed by atoms with Gasteiger partial charge in [0.05, 0.1) is 18.6 Å². The molecule has 0 spiro atoms. The zero-order valence-electron chi connectivity index (χ0n) is 10.5. The molecule has 104 valence electrons. The molecule has 1 amide bonds. The summed E-state index contributed by atoms with van der Waals surface area (Å²) in [7, 11) is -1.58. The zero-order chi connectivity index (χ0) is 13.9. The molecule has 0 radical (unpaired) electrons. The lowest BCUT2D eigenvalue weighted by Crippen LogP contribution is -2.20. The molecule has 1 aromatic carbocycles. The Balaban J connectivity index is 1.94. The van der Waals surface area contributed by atoms with Crippen molar-refractivity contribution in [2.75, 3.05) is 29.2 Å². The summed E-state index contributed by atoms with van der Waals surface area (Å²) in [6, 6.07) is 6.99. The van der Waals surface area contributed by atoms with E-state index in [4.69, 9.17) is 0 Å². The second kappa shape index (κ2) is 5.48. The van der Waals surface area contributed by atoms with Crippen LogP contribution in [0.3, 0.4) is 0 Å². The van der Waals surface area contributed by atoms with E-state index in [1.165, 1.54) is 7.11 Å². The van der Waals surface area contributed by atoms with E-state index in [9.17, 15) is 13.2 Å². The molecule has 0 bridgehead atoms. The summed E-state index contributed by atoms with van der Waals surface area (Å²) >= 11 is 0. The SMILES string of the molecule is COC(=O)Nc1ccc(NC2CCS(=O)(=O)C2)cc1. The van der Waals surface area contributed by atoms with Crippen LogP contribution in [0.4, 0.5) is 16.2 Å². The van der Waals surface area contributed by atoms with E-state index >= 15 is 0 Å². The molecule has 1 saturated heterocycles. The second-order valence-electron chi connectivity index (χ2n) is 4.44. The van der Waals surface area contributed by atoms with Crippen LogP contribution in [0.1, 0.15) is 6.42 Å². The fourth-order valence-corrected chi connectivity index (χ4v) is 3.64. The fraction of sp³-hybridized carbons (Fsp3) is 0.417. The highest BCUT2D eigenvalue weighted by Gasteiger charge is 2.27. The van der Waals surface area contributed by atoms with Crippen LogP contribution in [0.5, 0.6) is 0 Å². The predicted molar refractivity (Wildman–Crippen MR) is 73.2 cm³/mol. The molecule has 0 saturated carbocycles. The molecule has 19 heavy (non-hydrogen) atoms. The average molecular weight is 284 g/mol. The maximum absolute atomic E-state index is 11.3. The molecule has 2 rings (SSSR count). The Morgan fingerprint density at radius 3 is 2.42 bits per heavy atom. The molecular weight excluding hydrogens is 268 g/mol. The summed E-state index contributed by atoms with van der Waals surface area (Å²) in [4.78, 5) is 11.0. The Kier molecular flexibility index (Phi) is 3.94. The van der Waals surface area contributed by atoms with Gasteiger partial charge in [-0.05, 0) is 30.7 Å². The van der Waals surface area contributed by atoms with Gasteiger partial charge >= 0.3 is 6.09 Å². The number of hydrogen-bond donors (Lipinski definition) is 2. The van der Waals surface area contributed by atoms with E-state index in [0.717, 1.165) is 5.69 Å². The standard InChI is InChI=1S/C12H16N2O4S/c1-18-12(15)14-10-4-2-9(3-5-10)13-11-6-7-19(16,17)8-11/h2-5,11,13H,6-8H2,1H3,(H,14,15). The van der Waals surface area contributed by atoms with Crippen LogP contribution in [0.25, 0.3) is 0 Å².